The third-order valence-corrected chi connectivity index (χ3v) is 3.29. The average molecular weight is 307 g/mol. The second-order valence-corrected chi connectivity index (χ2v) is 5.22. The minimum Gasteiger partial charge on any atom is -0.396 e. The molecule has 0 fully saturated rings. The Bertz CT molecular complexity index is 146. The molecule has 0 saturated heterocycles. The van der Waals surface area contributed by atoms with Gasteiger partial charge in [0, 0.05) is 18.4 Å². The molecule has 0 aromatic rings. The van der Waals surface area contributed by atoms with Crippen molar-refractivity contribution in [1.29, 1.82) is 0 Å². The summed E-state index contributed by atoms with van der Waals surface area (Å²) in [6.45, 7) is 1.69. The highest BCUT2D eigenvalue weighted by Gasteiger charge is 2.11. The summed E-state index contributed by atoms with van der Waals surface area (Å²) >= 11 is 11.0. The van der Waals surface area contributed by atoms with E-state index in [4.69, 9.17) is 41.9 Å². The Kier molecular flexibility index (Phi) is 15.7. The molecule has 0 saturated carbocycles. The highest BCUT2D eigenvalue weighted by Crippen LogP contribution is 2.39. The second kappa shape index (κ2) is 14.9. The van der Waals surface area contributed by atoms with Crippen LogP contribution in [-0.4, -0.2) is 43.3 Å². The Balaban J connectivity index is 3.45. The highest BCUT2D eigenvalue weighted by atomic mass is 35.5. The van der Waals surface area contributed by atoms with Gasteiger partial charge in [0.1, 0.15) is 0 Å². The van der Waals surface area contributed by atoms with E-state index in [1.807, 2.05) is 0 Å². The van der Waals surface area contributed by atoms with Crippen LogP contribution in [0.25, 0.3) is 0 Å². The number of aliphatic hydroxyl groups is 1. The first-order chi connectivity index (χ1) is 8.35. The van der Waals surface area contributed by atoms with Crippen LogP contribution in [0, 0.1) is 0 Å². The van der Waals surface area contributed by atoms with Gasteiger partial charge in [0.25, 0.3) is 0 Å². The lowest BCUT2D eigenvalue weighted by Crippen LogP contribution is -2.01. The van der Waals surface area contributed by atoms with Crippen LogP contribution in [0.3, 0.4) is 0 Å². The summed E-state index contributed by atoms with van der Waals surface area (Å²) in [7, 11) is -1.32. The number of halogens is 2. The van der Waals surface area contributed by atoms with Crippen molar-refractivity contribution in [1.82, 2.24) is 0 Å². The van der Waals surface area contributed by atoms with Gasteiger partial charge in [0.05, 0.1) is 19.8 Å². The quantitative estimate of drug-likeness (QED) is 0.322. The summed E-state index contributed by atoms with van der Waals surface area (Å²) in [6.07, 6.45) is 3.84. The highest BCUT2D eigenvalue weighted by molar-refractivity contribution is 7.41. The number of unbranched alkanes of at least 4 members (excludes halogenated alkanes) is 3. The number of hydrogen-bond donors (Lipinski definition) is 1. The van der Waals surface area contributed by atoms with Gasteiger partial charge < -0.3 is 18.7 Å². The van der Waals surface area contributed by atoms with Crippen molar-refractivity contribution in [3.63, 3.8) is 0 Å². The van der Waals surface area contributed by atoms with Crippen molar-refractivity contribution in [2.45, 2.75) is 25.7 Å². The lowest BCUT2D eigenvalue weighted by molar-refractivity contribution is 0.169. The molecule has 4 nitrogen and oxygen atoms in total. The van der Waals surface area contributed by atoms with Gasteiger partial charge in [-0.05, 0) is 12.8 Å². The van der Waals surface area contributed by atoms with Gasteiger partial charge in [-0.1, -0.05) is 12.8 Å². The molecule has 0 radical (unpaired) electrons. The average Bonchev–Trinajstić information content (AvgIpc) is 2.35. The van der Waals surface area contributed by atoms with E-state index in [1.165, 1.54) is 0 Å². The Labute approximate surface area is 115 Å². The molecule has 0 unspecified atom stereocenters. The molecule has 0 atom stereocenters. The van der Waals surface area contributed by atoms with Crippen LogP contribution in [0.5, 0.6) is 0 Å². The SMILES string of the molecule is OCCCCCCOP(OCCCl)OCCCl. The molecular formula is C10H21Cl2O4P. The predicted octanol–water partition coefficient (Wildman–Crippen LogP) is 3.29. The zero-order valence-electron chi connectivity index (χ0n) is 9.95. The van der Waals surface area contributed by atoms with E-state index in [-0.39, 0.29) is 6.61 Å². The molecule has 0 bridgehead atoms. The Hall–Kier alpha value is 0.850. The third kappa shape index (κ3) is 13.1. The molecule has 1 N–H and O–H groups in total. The number of hydrogen-bond acceptors (Lipinski definition) is 4. The normalized spacial score (nSPS) is 11.3. The van der Waals surface area contributed by atoms with E-state index >= 15 is 0 Å². The molecule has 7 heteroatoms. The summed E-state index contributed by atoms with van der Waals surface area (Å²) in [5, 5.41) is 8.61. The summed E-state index contributed by atoms with van der Waals surface area (Å²) < 4.78 is 16.1. The lowest BCUT2D eigenvalue weighted by atomic mass is 10.2. The largest absolute Gasteiger partial charge is 0.396 e. The van der Waals surface area contributed by atoms with E-state index in [9.17, 15) is 0 Å². The molecule has 104 valence electrons. The molecular weight excluding hydrogens is 286 g/mol. The fourth-order valence-corrected chi connectivity index (χ4v) is 2.39. The van der Waals surface area contributed by atoms with Crippen LogP contribution in [0.1, 0.15) is 25.7 Å². The van der Waals surface area contributed by atoms with E-state index in [0.29, 0.717) is 31.6 Å². The maximum atomic E-state index is 8.61. The smallest absolute Gasteiger partial charge is 0.332 e. The molecule has 17 heavy (non-hydrogen) atoms. The first kappa shape index (κ1) is 17.8. The van der Waals surface area contributed by atoms with Crippen LogP contribution in [0.2, 0.25) is 0 Å². The van der Waals surface area contributed by atoms with Crippen molar-refractivity contribution in [3.8, 4) is 0 Å². The van der Waals surface area contributed by atoms with Gasteiger partial charge in [-0.2, -0.15) is 0 Å². The monoisotopic (exact) mass is 306 g/mol. The molecule has 0 aliphatic heterocycles. The Morgan fingerprint density at radius 1 is 0.765 bits per heavy atom. The molecule has 0 spiro atoms. The van der Waals surface area contributed by atoms with Gasteiger partial charge in [-0.25, -0.2) is 0 Å². The van der Waals surface area contributed by atoms with Gasteiger partial charge in [-0.15, -0.1) is 23.2 Å². The standard InChI is InChI=1S/C10H21Cl2O4P/c11-5-9-15-17(16-10-6-12)14-8-4-2-1-3-7-13/h13H,1-10H2. The fraction of sp³-hybridized carbons (Fsp3) is 1.00. The van der Waals surface area contributed by atoms with Crippen molar-refractivity contribution in [2.75, 3.05) is 38.2 Å². The van der Waals surface area contributed by atoms with E-state index in [1.54, 1.807) is 0 Å². The summed E-state index contributed by atoms with van der Waals surface area (Å²) in [5.74, 6) is 0.839. The first-order valence-electron chi connectivity index (χ1n) is 5.76. The minimum absolute atomic E-state index is 0.255. The summed E-state index contributed by atoms with van der Waals surface area (Å²) in [4.78, 5) is 0. The predicted molar refractivity (Wildman–Crippen MR) is 71.8 cm³/mol. The van der Waals surface area contributed by atoms with Gasteiger partial charge >= 0.3 is 8.60 Å². The van der Waals surface area contributed by atoms with Crippen LogP contribution in [-0.2, 0) is 13.6 Å². The molecule has 0 aromatic heterocycles. The van der Waals surface area contributed by atoms with Crippen molar-refractivity contribution >= 4 is 31.8 Å². The van der Waals surface area contributed by atoms with Gasteiger partial charge in [0.2, 0.25) is 0 Å². The summed E-state index contributed by atoms with van der Waals surface area (Å²) in [6, 6.07) is 0. The summed E-state index contributed by atoms with van der Waals surface area (Å²) in [5.41, 5.74) is 0. The second-order valence-electron chi connectivity index (χ2n) is 3.24. The molecule has 0 rings (SSSR count). The van der Waals surface area contributed by atoms with Crippen LogP contribution >= 0.6 is 31.8 Å². The van der Waals surface area contributed by atoms with Crippen LogP contribution < -0.4 is 0 Å². The molecule has 0 aliphatic rings. The van der Waals surface area contributed by atoms with E-state index in [2.05, 4.69) is 0 Å². The van der Waals surface area contributed by atoms with Crippen molar-refractivity contribution < 1.29 is 18.7 Å². The van der Waals surface area contributed by atoms with Gasteiger partial charge in [0.15, 0.2) is 0 Å². The fourth-order valence-electron chi connectivity index (χ4n) is 1.04. The van der Waals surface area contributed by atoms with E-state index < -0.39 is 8.60 Å². The topological polar surface area (TPSA) is 47.9 Å². The zero-order valence-corrected chi connectivity index (χ0v) is 12.4. The molecule has 0 amide bonds. The Morgan fingerprint density at radius 3 is 1.82 bits per heavy atom. The zero-order chi connectivity index (χ0) is 12.8. The van der Waals surface area contributed by atoms with Crippen LogP contribution in [0.15, 0.2) is 0 Å². The van der Waals surface area contributed by atoms with Crippen molar-refractivity contribution in [3.05, 3.63) is 0 Å². The molecule has 0 aromatic carbocycles. The lowest BCUT2D eigenvalue weighted by Gasteiger charge is -2.15. The molecule has 0 heterocycles. The Morgan fingerprint density at radius 2 is 1.29 bits per heavy atom. The van der Waals surface area contributed by atoms with Gasteiger partial charge in [-0.3, -0.25) is 0 Å². The number of alkyl halides is 2. The minimum atomic E-state index is -1.32. The number of rotatable bonds is 13. The maximum Gasteiger partial charge on any atom is 0.332 e. The van der Waals surface area contributed by atoms with E-state index in [0.717, 1.165) is 25.7 Å². The van der Waals surface area contributed by atoms with Crippen molar-refractivity contribution in [2.24, 2.45) is 0 Å². The van der Waals surface area contributed by atoms with Crippen LogP contribution in [0.4, 0.5) is 0 Å². The maximum absolute atomic E-state index is 8.61. The number of aliphatic hydroxyl groups excluding tert-OH is 1. The third-order valence-electron chi connectivity index (χ3n) is 1.80. The molecule has 0 aliphatic carbocycles. The first-order valence-corrected chi connectivity index (χ1v) is 7.93.